The van der Waals surface area contributed by atoms with Gasteiger partial charge in [0.05, 0.1) is 0 Å². The van der Waals surface area contributed by atoms with Gasteiger partial charge in [0, 0.05) is 30.1 Å². The molecule has 3 heteroatoms. The molecule has 0 radical (unpaired) electrons. The highest BCUT2D eigenvalue weighted by atomic mass is 16.1. The first-order valence-corrected chi connectivity index (χ1v) is 4.08. The lowest BCUT2D eigenvalue weighted by atomic mass is 10.1. The van der Waals surface area contributed by atoms with Gasteiger partial charge in [-0.05, 0) is 19.1 Å². The summed E-state index contributed by atoms with van der Waals surface area (Å²) in [5.41, 5.74) is 7.05. The van der Waals surface area contributed by atoms with Crippen LogP contribution in [-0.2, 0) is 11.2 Å². The highest BCUT2D eigenvalue weighted by molar-refractivity contribution is 5.92. The number of nitrogen functional groups attached to an aromatic ring is 1. The number of nitrogens with two attached hydrogens (primary N) is 1. The lowest BCUT2D eigenvalue weighted by Gasteiger charge is -2.00. The normalized spacial score (nSPS) is 10.5. The third kappa shape index (κ3) is 2.71. The molecule has 2 N–H and O–H groups in total. The van der Waals surface area contributed by atoms with Crippen LogP contribution in [0.4, 0.5) is 5.69 Å². The first-order chi connectivity index (χ1) is 6.24. The average Bonchev–Trinajstić information content (AvgIpc) is 2.09. The maximum Gasteiger partial charge on any atom is 0.159 e. The first kappa shape index (κ1) is 9.45. The maximum atomic E-state index is 11.2. The Morgan fingerprint density at radius 3 is 3.08 bits per heavy atom. The Morgan fingerprint density at radius 1 is 1.69 bits per heavy atom. The molecule has 0 bridgehead atoms. The molecule has 13 heavy (non-hydrogen) atoms. The van der Waals surface area contributed by atoms with E-state index in [1.54, 1.807) is 24.5 Å². The van der Waals surface area contributed by atoms with Gasteiger partial charge < -0.3 is 5.73 Å². The SMILES string of the molecule is C/C=C/C(=O)Cc1cnccc1N. The summed E-state index contributed by atoms with van der Waals surface area (Å²) in [6.07, 6.45) is 6.81. The first-order valence-electron chi connectivity index (χ1n) is 4.08. The summed E-state index contributed by atoms with van der Waals surface area (Å²) in [4.78, 5) is 15.1. The number of pyridine rings is 1. The number of carbonyl (C=O) groups excluding carboxylic acids is 1. The molecule has 1 rings (SSSR count). The molecule has 0 saturated heterocycles. The molecule has 0 aliphatic heterocycles. The van der Waals surface area contributed by atoms with E-state index in [1.807, 2.05) is 6.92 Å². The van der Waals surface area contributed by atoms with Crippen molar-refractivity contribution in [2.75, 3.05) is 5.73 Å². The van der Waals surface area contributed by atoms with Crippen LogP contribution >= 0.6 is 0 Å². The smallest absolute Gasteiger partial charge is 0.159 e. The molecule has 1 heterocycles. The van der Waals surface area contributed by atoms with Gasteiger partial charge in [-0.3, -0.25) is 9.78 Å². The van der Waals surface area contributed by atoms with Crippen molar-refractivity contribution in [2.24, 2.45) is 0 Å². The summed E-state index contributed by atoms with van der Waals surface area (Å²) in [5.74, 6) is 0.0437. The van der Waals surface area contributed by atoms with Crippen molar-refractivity contribution in [3.05, 3.63) is 36.2 Å². The number of aromatic nitrogens is 1. The molecule has 1 aromatic rings. The van der Waals surface area contributed by atoms with Crippen LogP contribution in [0.15, 0.2) is 30.6 Å². The van der Waals surface area contributed by atoms with Gasteiger partial charge in [-0.2, -0.15) is 0 Å². The van der Waals surface area contributed by atoms with E-state index in [-0.39, 0.29) is 5.78 Å². The Hall–Kier alpha value is -1.64. The number of rotatable bonds is 3. The van der Waals surface area contributed by atoms with Crippen molar-refractivity contribution in [1.29, 1.82) is 0 Å². The van der Waals surface area contributed by atoms with Crippen molar-refractivity contribution in [3.63, 3.8) is 0 Å². The van der Waals surface area contributed by atoms with Crippen LogP contribution in [-0.4, -0.2) is 10.8 Å². The summed E-state index contributed by atoms with van der Waals surface area (Å²) in [6.45, 7) is 1.81. The van der Waals surface area contributed by atoms with Crippen LogP contribution in [0, 0.1) is 0 Å². The number of hydrogen-bond donors (Lipinski definition) is 1. The zero-order chi connectivity index (χ0) is 9.68. The minimum absolute atomic E-state index is 0.0437. The highest BCUT2D eigenvalue weighted by Crippen LogP contribution is 2.09. The minimum Gasteiger partial charge on any atom is -0.398 e. The zero-order valence-corrected chi connectivity index (χ0v) is 7.53. The topological polar surface area (TPSA) is 56.0 Å². The Balaban J connectivity index is 2.74. The fraction of sp³-hybridized carbons (Fsp3) is 0.200. The minimum atomic E-state index is 0.0437. The van der Waals surface area contributed by atoms with Gasteiger partial charge in [0.2, 0.25) is 0 Å². The second-order valence-electron chi connectivity index (χ2n) is 2.72. The van der Waals surface area contributed by atoms with Gasteiger partial charge >= 0.3 is 0 Å². The molecule has 0 atom stereocenters. The Morgan fingerprint density at radius 2 is 2.46 bits per heavy atom. The van der Waals surface area contributed by atoms with Gasteiger partial charge in [0.1, 0.15) is 0 Å². The third-order valence-corrected chi connectivity index (χ3v) is 1.66. The van der Waals surface area contributed by atoms with Crippen LogP contribution < -0.4 is 5.73 Å². The highest BCUT2D eigenvalue weighted by Gasteiger charge is 2.02. The quantitative estimate of drug-likeness (QED) is 0.707. The van der Waals surface area contributed by atoms with Crippen LogP contribution in [0.3, 0.4) is 0 Å². The van der Waals surface area contributed by atoms with E-state index in [0.717, 1.165) is 5.56 Å². The van der Waals surface area contributed by atoms with Gasteiger partial charge in [0.25, 0.3) is 0 Å². The molecule has 0 aliphatic rings. The molecule has 0 spiro atoms. The predicted molar refractivity (Wildman–Crippen MR) is 52.2 cm³/mol. The number of carbonyl (C=O) groups is 1. The van der Waals surface area contributed by atoms with Crippen molar-refractivity contribution in [2.45, 2.75) is 13.3 Å². The van der Waals surface area contributed by atoms with Gasteiger partial charge in [-0.15, -0.1) is 0 Å². The van der Waals surface area contributed by atoms with E-state index in [9.17, 15) is 4.79 Å². The Labute approximate surface area is 77.3 Å². The molecule has 0 aliphatic carbocycles. The summed E-state index contributed by atoms with van der Waals surface area (Å²) in [6, 6.07) is 1.69. The lowest BCUT2D eigenvalue weighted by Crippen LogP contribution is -2.02. The molecule has 0 unspecified atom stereocenters. The third-order valence-electron chi connectivity index (χ3n) is 1.66. The number of ketones is 1. The molecular formula is C10H12N2O. The second kappa shape index (κ2) is 4.40. The predicted octanol–water partition coefficient (Wildman–Crippen LogP) is 1.35. The van der Waals surface area contributed by atoms with Crippen molar-refractivity contribution in [1.82, 2.24) is 4.98 Å². The Bertz CT molecular complexity index is 331. The molecular weight excluding hydrogens is 164 g/mol. The molecule has 0 amide bonds. The van der Waals surface area contributed by atoms with Crippen molar-refractivity contribution < 1.29 is 4.79 Å². The summed E-state index contributed by atoms with van der Waals surface area (Å²) >= 11 is 0. The maximum absolute atomic E-state index is 11.2. The van der Waals surface area contributed by atoms with E-state index in [2.05, 4.69) is 4.98 Å². The molecule has 0 fully saturated rings. The molecule has 0 saturated carbocycles. The number of nitrogens with zero attached hydrogens (tertiary/aromatic N) is 1. The number of anilines is 1. The van der Waals surface area contributed by atoms with Gasteiger partial charge in [-0.25, -0.2) is 0 Å². The summed E-state index contributed by atoms with van der Waals surface area (Å²) in [7, 11) is 0. The monoisotopic (exact) mass is 176 g/mol. The van der Waals surface area contributed by atoms with Crippen LogP contribution in [0.25, 0.3) is 0 Å². The number of hydrogen-bond acceptors (Lipinski definition) is 3. The largest absolute Gasteiger partial charge is 0.398 e. The zero-order valence-electron chi connectivity index (χ0n) is 7.53. The van der Waals surface area contributed by atoms with Crippen molar-refractivity contribution >= 4 is 11.5 Å². The van der Waals surface area contributed by atoms with Gasteiger partial charge in [0.15, 0.2) is 5.78 Å². The molecule has 0 aromatic carbocycles. The van der Waals surface area contributed by atoms with E-state index in [4.69, 9.17) is 5.73 Å². The summed E-state index contributed by atoms with van der Waals surface area (Å²) in [5, 5.41) is 0. The van der Waals surface area contributed by atoms with Gasteiger partial charge in [-0.1, -0.05) is 6.08 Å². The van der Waals surface area contributed by atoms with E-state index < -0.39 is 0 Å². The van der Waals surface area contributed by atoms with Crippen LogP contribution in [0.2, 0.25) is 0 Å². The summed E-state index contributed by atoms with van der Waals surface area (Å²) < 4.78 is 0. The standard InChI is InChI=1S/C10H12N2O/c1-2-3-9(13)6-8-7-12-5-4-10(8)11/h2-5,7H,6H2,1H3,(H2,11,12)/b3-2+. The van der Waals surface area contributed by atoms with Crippen LogP contribution in [0.5, 0.6) is 0 Å². The van der Waals surface area contributed by atoms with Crippen LogP contribution in [0.1, 0.15) is 12.5 Å². The van der Waals surface area contributed by atoms with E-state index >= 15 is 0 Å². The number of allylic oxidation sites excluding steroid dienone is 2. The molecule has 3 nitrogen and oxygen atoms in total. The fourth-order valence-electron chi connectivity index (χ4n) is 1.02. The van der Waals surface area contributed by atoms with E-state index in [0.29, 0.717) is 12.1 Å². The fourth-order valence-corrected chi connectivity index (χ4v) is 1.02. The molecule has 1 aromatic heterocycles. The lowest BCUT2D eigenvalue weighted by molar-refractivity contribution is -0.114. The van der Waals surface area contributed by atoms with Crippen molar-refractivity contribution in [3.8, 4) is 0 Å². The Kier molecular flexibility index (Phi) is 3.20. The average molecular weight is 176 g/mol. The van der Waals surface area contributed by atoms with E-state index in [1.165, 1.54) is 6.08 Å². The molecule has 68 valence electrons. The second-order valence-corrected chi connectivity index (χ2v) is 2.72.